The molecule has 1 aromatic carbocycles. The molecule has 2 atom stereocenters. The Morgan fingerprint density at radius 3 is 2.67 bits per heavy atom. The molecule has 0 saturated carbocycles. The van der Waals surface area contributed by atoms with Crippen LogP contribution in [0.15, 0.2) is 16.6 Å². The van der Waals surface area contributed by atoms with Gasteiger partial charge >= 0.3 is 0 Å². The van der Waals surface area contributed by atoms with Gasteiger partial charge in [-0.05, 0) is 63.4 Å². The van der Waals surface area contributed by atoms with Gasteiger partial charge in [-0.3, -0.25) is 4.79 Å². The van der Waals surface area contributed by atoms with E-state index in [1.54, 1.807) is 6.92 Å². The maximum Gasteiger partial charge on any atom is 0.260 e. The smallest absolute Gasteiger partial charge is 0.260 e. The number of amides is 1. The van der Waals surface area contributed by atoms with E-state index in [2.05, 4.69) is 21.2 Å². The fourth-order valence-corrected chi connectivity index (χ4v) is 2.62. The Bertz CT molecular complexity index is 491. The van der Waals surface area contributed by atoms with Crippen LogP contribution in [0.4, 0.5) is 0 Å². The Balaban J connectivity index is 2.88. The van der Waals surface area contributed by atoms with Gasteiger partial charge in [0.05, 0.1) is 0 Å². The number of aryl methyl sites for hydroxylation is 1. The standard InChI is InChI=1S/C16H25BrN2O2/c1-5-11(3)19-16(20)12(4)21-15-10(2)8-14(17)9-13(15)6-7-18/h8-9,11-12H,5-7,18H2,1-4H3,(H,19,20). The molecular weight excluding hydrogens is 332 g/mol. The number of ether oxygens (including phenoxy) is 1. The van der Waals surface area contributed by atoms with Crippen molar-refractivity contribution in [2.24, 2.45) is 5.73 Å². The molecule has 5 heteroatoms. The summed E-state index contributed by atoms with van der Waals surface area (Å²) in [6.45, 7) is 8.30. The maximum atomic E-state index is 12.1. The minimum Gasteiger partial charge on any atom is -0.480 e. The summed E-state index contributed by atoms with van der Waals surface area (Å²) in [6.07, 6.45) is 1.08. The summed E-state index contributed by atoms with van der Waals surface area (Å²) in [5, 5.41) is 2.93. The summed E-state index contributed by atoms with van der Waals surface area (Å²) in [4.78, 5) is 12.1. The molecule has 3 N–H and O–H groups in total. The van der Waals surface area contributed by atoms with Gasteiger partial charge in [0.1, 0.15) is 5.75 Å². The first-order chi connectivity index (χ1) is 9.88. The van der Waals surface area contributed by atoms with E-state index in [1.807, 2.05) is 32.9 Å². The summed E-state index contributed by atoms with van der Waals surface area (Å²) in [7, 11) is 0. The van der Waals surface area contributed by atoms with Crippen LogP contribution in [-0.4, -0.2) is 24.6 Å². The first-order valence-electron chi connectivity index (χ1n) is 7.35. The van der Waals surface area contributed by atoms with Crippen LogP contribution in [-0.2, 0) is 11.2 Å². The molecule has 0 heterocycles. The highest BCUT2D eigenvalue weighted by Crippen LogP contribution is 2.29. The van der Waals surface area contributed by atoms with Crippen LogP contribution in [0.25, 0.3) is 0 Å². The molecule has 0 aromatic heterocycles. The van der Waals surface area contributed by atoms with Crippen molar-refractivity contribution in [2.45, 2.75) is 52.7 Å². The lowest BCUT2D eigenvalue weighted by Gasteiger charge is -2.21. The number of hydrogen-bond donors (Lipinski definition) is 2. The van der Waals surface area contributed by atoms with Crippen LogP contribution in [0, 0.1) is 6.92 Å². The zero-order chi connectivity index (χ0) is 16.0. The van der Waals surface area contributed by atoms with Gasteiger partial charge in [0.2, 0.25) is 0 Å². The second kappa shape index (κ2) is 8.39. The largest absolute Gasteiger partial charge is 0.480 e. The highest BCUT2D eigenvalue weighted by atomic mass is 79.9. The molecule has 0 saturated heterocycles. The van der Waals surface area contributed by atoms with Crippen LogP contribution < -0.4 is 15.8 Å². The van der Waals surface area contributed by atoms with Gasteiger partial charge in [-0.2, -0.15) is 0 Å². The fraction of sp³-hybridized carbons (Fsp3) is 0.562. The molecule has 1 rings (SSSR count). The quantitative estimate of drug-likeness (QED) is 0.789. The van der Waals surface area contributed by atoms with Crippen molar-refractivity contribution >= 4 is 21.8 Å². The molecule has 118 valence electrons. The second-order valence-electron chi connectivity index (χ2n) is 5.33. The van der Waals surface area contributed by atoms with E-state index in [1.165, 1.54) is 0 Å². The number of benzene rings is 1. The van der Waals surface area contributed by atoms with Crippen molar-refractivity contribution in [1.82, 2.24) is 5.32 Å². The van der Waals surface area contributed by atoms with Crippen LogP contribution in [0.1, 0.15) is 38.3 Å². The van der Waals surface area contributed by atoms with Gasteiger partial charge in [-0.25, -0.2) is 0 Å². The molecule has 2 unspecified atom stereocenters. The van der Waals surface area contributed by atoms with Gasteiger partial charge in [0.15, 0.2) is 6.10 Å². The topological polar surface area (TPSA) is 64.3 Å². The number of carbonyl (C=O) groups is 1. The predicted octanol–water partition coefficient (Wildman–Crippen LogP) is 2.94. The SMILES string of the molecule is CCC(C)NC(=O)C(C)Oc1c(C)cc(Br)cc1CCN. The molecule has 0 aliphatic carbocycles. The molecule has 0 bridgehead atoms. The molecule has 1 aromatic rings. The number of hydrogen-bond acceptors (Lipinski definition) is 3. The normalized spacial score (nSPS) is 13.6. The van der Waals surface area contributed by atoms with Crippen molar-refractivity contribution in [1.29, 1.82) is 0 Å². The average molecular weight is 357 g/mol. The first kappa shape index (κ1) is 18.0. The van der Waals surface area contributed by atoms with Crippen molar-refractivity contribution in [3.63, 3.8) is 0 Å². The molecule has 4 nitrogen and oxygen atoms in total. The molecular formula is C16H25BrN2O2. The summed E-state index contributed by atoms with van der Waals surface area (Å²) < 4.78 is 6.90. The lowest BCUT2D eigenvalue weighted by atomic mass is 10.1. The zero-order valence-electron chi connectivity index (χ0n) is 13.2. The predicted molar refractivity (Wildman–Crippen MR) is 89.6 cm³/mol. The van der Waals surface area contributed by atoms with E-state index in [-0.39, 0.29) is 11.9 Å². The molecule has 1 amide bonds. The maximum absolute atomic E-state index is 12.1. The van der Waals surface area contributed by atoms with Gasteiger partial charge in [-0.15, -0.1) is 0 Å². The zero-order valence-corrected chi connectivity index (χ0v) is 14.8. The van der Waals surface area contributed by atoms with E-state index in [0.29, 0.717) is 6.54 Å². The van der Waals surface area contributed by atoms with Crippen LogP contribution in [0.2, 0.25) is 0 Å². The van der Waals surface area contributed by atoms with Crippen LogP contribution in [0.3, 0.4) is 0 Å². The minimum atomic E-state index is -0.532. The monoisotopic (exact) mass is 356 g/mol. The van der Waals surface area contributed by atoms with Gasteiger partial charge in [0.25, 0.3) is 5.91 Å². The lowest BCUT2D eigenvalue weighted by Crippen LogP contribution is -2.41. The summed E-state index contributed by atoms with van der Waals surface area (Å²) in [6, 6.07) is 4.13. The Morgan fingerprint density at radius 2 is 2.10 bits per heavy atom. The number of nitrogens with one attached hydrogen (secondary N) is 1. The van der Waals surface area contributed by atoms with Crippen molar-refractivity contribution in [3.05, 3.63) is 27.7 Å². The Kier molecular flexibility index (Phi) is 7.18. The third-order valence-corrected chi connectivity index (χ3v) is 3.85. The number of rotatable bonds is 7. The molecule has 0 fully saturated rings. The summed E-state index contributed by atoms with van der Waals surface area (Å²) in [5.41, 5.74) is 7.67. The van der Waals surface area contributed by atoms with E-state index >= 15 is 0 Å². The van der Waals surface area contributed by atoms with E-state index in [4.69, 9.17) is 10.5 Å². The fourth-order valence-electron chi connectivity index (χ4n) is 2.00. The highest BCUT2D eigenvalue weighted by molar-refractivity contribution is 9.10. The lowest BCUT2D eigenvalue weighted by molar-refractivity contribution is -0.127. The molecule has 0 aliphatic rings. The van der Waals surface area contributed by atoms with E-state index < -0.39 is 6.10 Å². The van der Waals surface area contributed by atoms with Crippen LogP contribution in [0.5, 0.6) is 5.75 Å². The highest BCUT2D eigenvalue weighted by Gasteiger charge is 2.19. The van der Waals surface area contributed by atoms with Crippen molar-refractivity contribution in [3.8, 4) is 5.75 Å². The Labute approximate surface area is 135 Å². The van der Waals surface area contributed by atoms with Gasteiger partial charge < -0.3 is 15.8 Å². The molecule has 0 radical (unpaired) electrons. The van der Waals surface area contributed by atoms with Crippen LogP contribution >= 0.6 is 15.9 Å². The van der Waals surface area contributed by atoms with E-state index in [9.17, 15) is 4.79 Å². The molecule has 0 spiro atoms. The van der Waals surface area contributed by atoms with Crippen molar-refractivity contribution in [2.75, 3.05) is 6.54 Å². The van der Waals surface area contributed by atoms with Gasteiger partial charge in [0, 0.05) is 10.5 Å². The second-order valence-corrected chi connectivity index (χ2v) is 6.24. The summed E-state index contributed by atoms with van der Waals surface area (Å²) >= 11 is 3.48. The Hall–Kier alpha value is -1.07. The summed E-state index contributed by atoms with van der Waals surface area (Å²) in [5.74, 6) is 0.667. The molecule has 0 aliphatic heterocycles. The Morgan fingerprint density at radius 1 is 1.43 bits per heavy atom. The third-order valence-electron chi connectivity index (χ3n) is 3.39. The number of carbonyl (C=O) groups excluding carboxylic acids is 1. The minimum absolute atomic E-state index is 0.0923. The first-order valence-corrected chi connectivity index (χ1v) is 8.14. The van der Waals surface area contributed by atoms with Gasteiger partial charge in [-0.1, -0.05) is 22.9 Å². The number of halogens is 1. The number of nitrogens with two attached hydrogens (primary N) is 1. The third kappa shape index (κ3) is 5.32. The van der Waals surface area contributed by atoms with Crippen molar-refractivity contribution < 1.29 is 9.53 Å². The van der Waals surface area contributed by atoms with E-state index in [0.717, 1.165) is 34.2 Å². The average Bonchev–Trinajstić information content (AvgIpc) is 2.42. The molecule has 21 heavy (non-hydrogen) atoms.